The van der Waals surface area contributed by atoms with Gasteiger partial charge in [0, 0.05) is 5.92 Å². The molecule has 0 saturated heterocycles. The summed E-state index contributed by atoms with van der Waals surface area (Å²) < 4.78 is 10.6. The van der Waals surface area contributed by atoms with Gasteiger partial charge in [-0.2, -0.15) is 0 Å². The Morgan fingerprint density at radius 3 is 2.18 bits per heavy atom. The van der Waals surface area contributed by atoms with E-state index in [2.05, 4.69) is 5.32 Å². The standard InChI is InChI=1S/C15H27NO6/c1-9(2)6-12(7-13(18)19)14(16-8-17)21-11(5)22-15(20)10(3)4/h8-12,14H,6-7H2,1-5H3,(H,16,17)(H,18,19)/t11?,12-,14?/m0/s1. The number of carboxylic acid groups (broad SMARTS) is 1. The van der Waals surface area contributed by atoms with Crippen LogP contribution in [0.15, 0.2) is 0 Å². The smallest absolute Gasteiger partial charge is 0.310 e. The Bertz CT molecular complexity index is 369. The van der Waals surface area contributed by atoms with E-state index in [9.17, 15) is 14.4 Å². The van der Waals surface area contributed by atoms with E-state index in [1.54, 1.807) is 13.8 Å². The number of carboxylic acids is 1. The van der Waals surface area contributed by atoms with Gasteiger partial charge in [-0.1, -0.05) is 27.7 Å². The van der Waals surface area contributed by atoms with E-state index < -0.39 is 30.4 Å². The number of carbonyl (C=O) groups excluding carboxylic acids is 2. The van der Waals surface area contributed by atoms with Gasteiger partial charge in [-0.15, -0.1) is 0 Å². The summed E-state index contributed by atoms with van der Waals surface area (Å²) in [7, 11) is 0. The van der Waals surface area contributed by atoms with Crippen LogP contribution in [0.4, 0.5) is 0 Å². The molecule has 0 aromatic heterocycles. The second kappa shape index (κ2) is 10.2. The number of aliphatic carboxylic acids is 1. The number of esters is 1. The topological polar surface area (TPSA) is 102 Å². The summed E-state index contributed by atoms with van der Waals surface area (Å²) in [6.07, 6.45) is -0.838. The number of nitrogens with one attached hydrogen (secondary N) is 1. The average Bonchev–Trinajstić information content (AvgIpc) is 2.36. The van der Waals surface area contributed by atoms with Crippen molar-refractivity contribution >= 4 is 18.3 Å². The quantitative estimate of drug-likeness (QED) is 0.342. The molecule has 0 aromatic carbocycles. The Labute approximate surface area is 131 Å². The summed E-state index contributed by atoms with van der Waals surface area (Å²) in [5, 5.41) is 11.5. The van der Waals surface area contributed by atoms with Gasteiger partial charge in [0.25, 0.3) is 0 Å². The first-order valence-corrected chi connectivity index (χ1v) is 7.44. The zero-order chi connectivity index (χ0) is 17.3. The predicted octanol–water partition coefficient (Wildman–Crippen LogP) is 1.76. The molecule has 7 heteroatoms. The SMILES string of the molecule is CC(C)C[C@@H](CC(=O)O)C(NC=O)OC(C)OC(=O)C(C)C. The van der Waals surface area contributed by atoms with Gasteiger partial charge < -0.3 is 19.9 Å². The average molecular weight is 317 g/mol. The summed E-state index contributed by atoms with van der Waals surface area (Å²) in [4.78, 5) is 33.3. The van der Waals surface area contributed by atoms with Gasteiger partial charge >= 0.3 is 11.9 Å². The first-order valence-electron chi connectivity index (χ1n) is 7.44. The number of hydrogen-bond acceptors (Lipinski definition) is 5. The van der Waals surface area contributed by atoms with Crippen molar-refractivity contribution in [3.8, 4) is 0 Å². The fourth-order valence-electron chi connectivity index (χ4n) is 2.03. The van der Waals surface area contributed by atoms with Crippen molar-refractivity contribution in [2.24, 2.45) is 17.8 Å². The lowest BCUT2D eigenvalue weighted by molar-refractivity contribution is -0.198. The van der Waals surface area contributed by atoms with Gasteiger partial charge in [-0.05, 0) is 19.3 Å². The molecule has 0 rings (SSSR count). The number of carbonyl (C=O) groups is 3. The fourth-order valence-corrected chi connectivity index (χ4v) is 2.03. The van der Waals surface area contributed by atoms with Crippen LogP contribution in [0, 0.1) is 17.8 Å². The molecule has 1 amide bonds. The molecule has 0 aromatic rings. The van der Waals surface area contributed by atoms with Crippen molar-refractivity contribution in [3.05, 3.63) is 0 Å². The van der Waals surface area contributed by atoms with Crippen LogP contribution in [-0.2, 0) is 23.9 Å². The van der Waals surface area contributed by atoms with Gasteiger partial charge in [-0.25, -0.2) is 0 Å². The second-order valence-electron chi connectivity index (χ2n) is 5.99. The van der Waals surface area contributed by atoms with Crippen molar-refractivity contribution in [2.75, 3.05) is 0 Å². The van der Waals surface area contributed by atoms with Gasteiger partial charge in [0.15, 0.2) is 0 Å². The normalized spacial score (nSPS) is 15.2. The van der Waals surface area contributed by atoms with Crippen molar-refractivity contribution in [2.45, 2.75) is 60.0 Å². The van der Waals surface area contributed by atoms with Crippen LogP contribution < -0.4 is 5.32 Å². The highest BCUT2D eigenvalue weighted by Crippen LogP contribution is 2.21. The zero-order valence-corrected chi connectivity index (χ0v) is 13.9. The molecule has 2 unspecified atom stereocenters. The van der Waals surface area contributed by atoms with Crippen molar-refractivity contribution in [3.63, 3.8) is 0 Å². The minimum Gasteiger partial charge on any atom is -0.481 e. The summed E-state index contributed by atoms with van der Waals surface area (Å²) in [5.41, 5.74) is 0. The minimum atomic E-state index is -0.973. The molecular weight excluding hydrogens is 290 g/mol. The van der Waals surface area contributed by atoms with E-state index in [0.717, 1.165) is 0 Å². The third-order valence-corrected chi connectivity index (χ3v) is 2.96. The Balaban J connectivity index is 4.85. The van der Waals surface area contributed by atoms with E-state index in [0.29, 0.717) is 12.8 Å². The van der Waals surface area contributed by atoms with Crippen LogP contribution in [0.2, 0.25) is 0 Å². The number of amides is 1. The lowest BCUT2D eigenvalue weighted by Gasteiger charge is -2.29. The molecule has 0 aliphatic rings. The Morgan fingerprint density at radius 1 is 1.18 bits per heavy atom. The van der Waals surface area contributed by atoms with E-state index in [1.165, 1.54) is 6.92 Å². The van der Waals surface area contributed by atoms with Gasteiger partial charge in [-0.3, -0.25) is 14.4 Å². The van der Waals surface area contributed by atoms with Crippen LogP contribution in [-0.4, -0.2) is 36.0 Å². The molecule has 128 valence electrons. The Morgan fingerprint density at radius 2 is 1.77 bits per heavy atom. The molecule has 0 aliphatic carbocycles. The lowest BCUT2D eigenvalue weighted by Crippen LogP contribution is -2.42. The molecular formula is C15H27NO6. The maximum atomic E-state index is 11.5. The Kier molecular flexibility index (Phi) is 9.40. The molecule has 0 fully saturated rings. The van der Waals surface area contributed by atoms with Crippen molar-refractivity contribution < 1.29 is 29.0 Å². The van der Waals surface area contributed by atoms with Crippen molar-refractivity contribution in [1.29, 1.82) is 0 Å². The van der Waals surface area contributed by atoms with E-state index in [-0.39, 0.29) is 18.3 Å². The maximum absolute atomic E-state index is 11.5. The summed E-state index contributed by atoms with van der Waals surface area (Å²) in [5.74, 6) is -1.87. The summed E-state index contributed by atoms with van der Waals surface area (Å²) in [6, 6.07) is 0. The third-order valence-electron chi connectivity index (χ3n) is 2.96. The highest BCUT2D eigenvalue weighted by atomic mass is 16.7. The molecule has 0 spiro atoms. The third kappa shape index (κ3) is 8.61. The minimum absolute atomic E-state index is 0.144. The summed E-state index contributed by atoms with van der Waals surface area (Å²) >= 11 is 0. The number of hydrogen-bond donors (Lipinski definition) is 2. The first-order chi connectivity index (χ1) is 10.2. The highest BCUT2D eigenvalue weighted by molar-refractivity contribution is 5.71. The first kappa shape index (κ1) is 20.4. The molecule has 3 atom stereocenters. The largest absolute Gasteiger partial charge is 0.481 e. The van der Waals surface area contributed by atoms with E-state index in [1.807, 2.05) is 13.8 Å². The molecule has 0 aliphatic heterocycles. The van der Waals surface area contributed by atoms with E-state index in [4.69, 9.17) is 14.6 Å². The molecule has 2 N–H and O–H groups in total. The highest BCUT2D eigenvalue weighted by Gasteiger charge is 2.28. The predicted molar refractivity (Wildman–Crippen MR) is 79.7 cm³/mol. The van der Waals surface area contributed by atoms with Gasteiger partial charge in [0.2, 0.25) is 12.7 Å². The monoisotopic (exact) mass is 317 g/mol. The van der Waals surface area contributed by atoms with Crippen LogP contribution in [0.25, 0.3) is 0 Å². The fraction of sp³-hybridized carbons (Fsp3) is 0.800. The van der Waals surface area contributed by atoms with Crippen LogP contribution in [0.5, 0.6) is 0 Å². The number of ether oxygens (including phenoxy) is 2. The van der Waals surface area contributed by atoms with Gasteiger partial charge in [0.1, 0.15) is 6.23 Å². The molecule has 0 radical (unpaired) electrons. The van der Waals surface area contributed by atoms with Gasteiger partial charge in [0.05, 0.1) is 12.3 Å². The van der Waals surface area contributed by atoms with Crippen LogP contribution in [0.3, 0.4) is 0 Å². The summed E-state index contributed by atoms with van der Waals surface area (Å²) in [6.45, 7) is 8.83. The molecule has 0 heterocycles. The molecule has 22 heavy (non-hydrogen) atoms. The molecule has 0 saturated carbocycles. The second-order valence-corrected chi connectivity index (χ2v) is 5.99. The maximum Gasteiger partial charge on any atom is 0.310 e. The molecule has 0 bridgehead atoms. The van der Waals surface area contributed by atoms with Crippen molar-refractivity contribution in [1.82, 2.24) is 5.32 Å². The lowest BCUT2D eigenvalue weighted by atomic mass is 9.92. The molecule has 7 nitrogen and oxygen atoms in total. The van der Waals surface area contributed by atoms with Crippen LogP contribution in [0.1, 0.15) is 47.5 Å². The zero-order valence-electron chi connectivity index (χ0n) is 13.9. The number of rotatable bonds is 11. The van der Waals surface area contributed by atoms with Crippen LogP contribution >= 0.6 is 0 Å². The Hall–Kier alpha value is -1.63. The van der Waals surface area contributed by atoms with E-state index >= 15 is 0 Å².